The second-order valence-electron chi connectivity index (χ2n) is 5.00. The van der Waals surface area contributed by atoms with Crippen molar-refractivity contribution in [3.8, 4) is 0 Å². The van der Waals surface area contributed by atoms with Gasteiger partial charge in [0.05, 0.1) is 0 Å². The van der Waals surface area contributed by atoms with Gasteiger partial charge in [-0.05, 0) is 37.0 Å². The lowest BCUT2D eigenvalue weighted by atomic mass is 10.1. The maximum absolute atomic E-state index is 3.47. The average Bonchev–Trinajstić information content (AvgIpc) is 2.19. The summed E-state index contributed by atoms with van der Waals surface area (Å²) in [5, 5.41) is 3.47. The summed E-state index contributed by atoms with van der Waals surface area (Å²) >= 11 is 0. The molecule has 0 saturated heterocycles. The molecule has 0 aliphatic heterocycles. The Bertz CT molecular complexity index is 330. The predicted molar refractivity (Wildman–Crippen MR) is 73.5 cm³/mol. The van der Waals surface area contributed by atoms with Crippen LogP contribution in [0.15, 0.2) is 18.2 Å². The number of hydrogen-bond donors (Lipinski definition) is 1. The van der Waals surface area contributed by atoms with Crippen LogP contribution >= 0.6 is 0 Å². The first-order valence-corrected chi connectivity index (χ1v) is 6.02. The van der Waals surface area contributed by atoms with Gasteiger partial charge in [0.1, 0.15) is 0 Å². The van der Waals surface area contributed by atoms with Crippen molar-refractivity contribution in [2.75, 3.05) is 30.9 Å². The fourth-order valence-corrected chi connectivity index (χ4v) is 1.71. The zero-order valence-electron chi connectivity index (χ0n) is 11.2. The lowest BCUT2D eigenvalue weighted by molar-refractivity contribution is 0.607. The van der Waals surface area contributed by atoms with E-state index in [1.807, 2.05) is 0 Å². The molecule has 1 aromatic carbocycles. The van der Waals surface area contributed by atoms with Crippen molar-refractivity contribution in [2.24, 2.45) is 5.92 Å². The first kappa shape index (κ1) is 12.9. The van der Waals surface area contributed by atoms with Gasteiger partial charge in [0.15, 0.2) is 0 Å². The van der Waals surface area contributed by atoms with Gasteiger partial charge in [0.2, 0.25) is 0 Å². The van der Waals surface area contributed by atoms with Crippen LogP contribution in [0.2, 0.25) is 0 Å². The third-order valence-corrected chi connectivity index (χ3v) is 2.74. The third kappa shape index (κ3) is 3.76. The molecule has 0 saturated carbocycles. The van der Waals surface area contributed by atoms with E-state index in [1.54, 1.807) is 0 Å². The van der Waals surface area contributed by atoms with Crippen molar-refractivity contribution in [1.82, 2.24) is 0 Å². The molecule has 2 nitrogen and oxygen atoms in total. The van der Waals surface area contributed by atoms with Gasteiger partial charge < -0.3 is 10.2 Å². The van der Waals surface area contributed by atoms with E-state index in [0.717, 1.165) is 12.5 Å². The summed E-state index contributed by atoms with van der Waals surface area (Å²) in [5.41, 5.74) is 3.82. The molecule has 0 aromatic heterocycles. The fourth-order valence-electron chi connectivity index (χ4n) is 1.71. The third-order valence-electron chi connectivity index (χ3n) is 2.74. The molecule has 1 rings (SSSR count). The molecule has 2 heteroatoms. The number of hydrogen-bond acceptors (Lipinski definition) is 2. The summed E-state index contributed by atoms with van der Waals surface area (Å²) < 4.78 is 0. The van der Waals surface area contributed by atoms with E-state index < -0.39 is 0 Å². The van der Waals surface area contributed by atoms with Crippen LogP contribution in [0.5, 0.6) is 0 Å². The number of anilines is 2. The number of benzene rings is 1. The first-order chi connectivity index (χ1) is 7.50. The minimum atomic E-state index is 0.756. The molecule has 0 radical (unpaired) electrons. The lowest BCUT2D eigenvalue weighted by Gasteiger charge is -2.17. The SMILES string of the molecule is Cc1ccc(NCCC(C)C)cc1N(C)C. The summed E-state index contributed by atoms with van der Waals surface area (Å²) in [5.74, 6) is 0.756. The molecule has 90 valence electrons. The zero-order chi connectivity index (χ0) is 12.1. The molecule has 0 aliphatic rings. The quantitative estimate of drug-likeness (QED) is 0.816. The molecule has 0 atom stereocenters. The van der Waals surface area contributed by atoms with Gasteiger partial charge >= 0.3 is 0 Å². The van der Waals surface area contributed by atoms with E-state index in [1.165, 1.54) is 23.4 Å². The molecule has 1 N–H and O–H groups in total. The predicted octanol–water partition coefficient (Wildman–Crippen LogP) is 3.52. The number of aryl methyl sites for hydroxylation is 1. The Labute approximate surface area is 99.7 Å². The maximum atomic E-state index is 3.47. The van der Waals surface area contributed by atoms with Crippen molar-refractivity contribution in [2.45, 2.75) is 27.2 Å². The Balaban J connectivity index is 2.64. The zero-order valence-corrected chi connectivity index (χ0v) is 11.2. The van der Waals surface area contributed by atoms with Crippen molar-refractivity contribution in [3.63, 3.8) is 0 Å². The van der Waals surface area contributed by atoms with Crippen LogP contribution in [0.1, 0.15) is 25.8 Å². The van der Waals surface area contributed by atoms with Gasteiger partial charge in [-0.1, -0.05) is 19.9 Å². The van der Waals surface area contributed by atoms with Gasteiger partial charge in [-0.25, -0.2) is 0 Å². The smallest absolute Gasteiger partial charge is 0.0411 e. The molecule has 0 heterocycles. The van der Waals surface area contributed by atoms with Crippen molar-refractivity contribution >= 4 is 11.4 Å². The topological polar surface area (TPSA) is 15.3 Å². The van der Waals surface area contributed by atoms with E-state index in [9.17, 15) is 0 Å². The summed E-state index contributed by atoms with van der Waals surface area (Å²) in [7, 11) is 4.17. The second kappa shape index (κ2) is 5.78. The fraction of sp³-hybridized carbons (Fsp3) is 0.571. The summed E-state index contributed by atoms with van der Waals surface area (Å²) in [6, 6.07) is 6.55. The highest BCUT2D eigenvalue weighted by molar-refractivity contribution is 5.61. The second-order valence-corrected chi connectivity index (χ2v) is 5.00. The van der Waals surface area contributed by atoms with Crippen molar-refractivity contribution in [1.29, 1.82) is 0 Å². The van der Waals surface area contributed by atoms with Crippen LogP contribution < -0.4 is 10.2 Å². The molecule has 0 fully saturated rings. The monoisotopic (exact) mass is 220 g/mol. The van der Waals surface area contributed by atoms with E-state index >= 15 is 0 Å². The highest BCUT2D eigenvalue weighted by Gasteiger charge is 2.02. The lowest BCUT2D eigenvalue weighted by Crippen LogP contribution is -2.11. The molecule has 0 aliphatic carbocycles. The molecule has 0 amide bonds. The van der Waals surface area contributed by atoms with Crippen LogP contribution in [0.3, 0.4) is 0 Å². The summed E-state index contributed by atoms with van der Waals surface area (Å²) in [4.78, 5) is 2.16. The van der Waals surface area contributed by atoms with E-state index in [4.69, 9.17) is 0 Å². The molecule has 0 bridgehead atoms. The van der Waals surface area contributed by atoms with Gasteiger partial charge in [-0.2, -0.15) is 0 Å². The highest BCUT2D eigenvalue weighted by atomic mass is 15.1. The number of nitrogens with zero attached hydrogens (tertiary/aromatic N) is 1. The Morgan fingerprint density at radius 2 is 1.94 bits per heavy atom. The normalized spacial score (nSPS) is 10.6. The van der Waals surface area contributed by atoms with Crippen LogP contribution in [0.25, 0.3) is 0 Å². The minimum absolute atomic E-state index is 0.756. The standard InChI is InChI=1S/C14H24N2/c1-11(2)8-9-15-13-7-6-12(3)14(10-13)16(4)5/h6-7,10-11,15H,8-9H2,1-5H3. The average molecular weight is 220 g/mol. The minimum Gasteiger partial charge on any atom is -0.385 e. The molecule has 0 spiro atoms. The van der Waals surface area contributed by atoms with Gasteiger partial charge in [0, 0.05) is 32.0 Å². The first-order valence-electron chi connectivity index (χ1n) is 6.02. The molecular weight excluding hydrogens is 196 g/mol. The van der Waals surface area contributed by atoms with Crippen LogP contribution in [0.4, 0.5) is 11.4 Å². The Kier molecular flexibility index (Phi) is 4.66. The van der Waals surface area contributed by atoms with Crippen molar-refractivity contribution in [3.05, 3.63) is 23.8 Å². The van der Waals surface area contributed by atoms with Crippen LogP contribution in [-0.2, 0) is 0 Å². The Hall–Kier alpha value is -1.18. The van der Waals surface area contributed by atoms with E-state index in [-0.39, 0.29) is 0 Å². The van der Waals surface area contributed by atoms with Gasteiger partial charge in [-0.3, -0.25) is 0 Å². The van der Waals surface area contributed by atoms with E-state index in [2.05, 4.69) is 63.3 Å². The summed E-state index contributed by atoms with van der Waals surface area (Å²) in [6.45, 7) is 7.70. The summed E-state index contributed by atoms with van der Waals surface area (Å²) in [6.07, 6.45) is 1.21. The maximum Gasteiger partial charge on any atom is 0.0411 e. The Morgan fingerprint density at radius 3 is 2.50 bits per heavy atom. The Morgan fingerprint density at radius 1 is 1.25 bits per heavy atom. The molecule has 0 unspecified atom stereocenters. The molecule has 16 heavy (non-hydrogen) atoms. The van der Waals surface area contributed by atoms with Gasteiger partial charge in [-0.15, -0.1) is 0 Å². The van der Waals surface area contributed by atoms with Gasteiger partial charge in [0.25, 0.3) is 0 Å². The van der Waals surface area contributed by atoms with Crippen LogP contribution in [-0.4, -0.2) is 20.6 Å². The number of nitrogens with one attached hydrogen (secondary N) is 1. The molecular formula is C14H24N2. The van der Waals surface area contributed by atoms with Crippen LogP contribution in [0, 0.1) is 12.8 Å². The number of rotatable bonds is 5. The largest absolute Gasteiger partial charge is 0.385 e. The van der Waals surface area contributed by atoms with E-state index in [0.29, 0.717) is 0 Å². The highest BCUT2D eigenvalue weighted by Crippen LogP contribution is 2.22. The molecule has 1 aromatic rings. The van der Waals surface area contributed by atoms with Crippen molar-refractivity contribution < 1.29 is 0 Å².